The van der Waals surface area contributed by atoms with E-state index in [9.17, 15) is 19.5 Å². The molecule has 0 bridgehead atoms. The second-order valence-corrected chi connectivity index (χ2v) is 5.39. The highest BCUT2D eigenvalue weighted by Gasteiger charge is 2.25. The molecule has 1 atom stereocenters. The number of carboxylic acids is 1. The summed E-state index contributed by atoms with van der Waals surface area (Å²) in [4.78, 5) is 38.2. The number of amides is 1. The van der Waals surface area contributed by atoms with Gasteiger partial charge in [0.05, 0.1) is 0 Å². The Labute approximate surface area is 130 Å². The monoisotopic (exact) mass is 308 g/mol. The minimum Gasteiger partial charge on any atom is -0.480 e. The molecule has 22 heavy (non-hydrogen) atoms. The summed E-state index contributed by atoms with van der Waals surface area (Å²) >= 11 is 0. The van der Waals surface area contributed by atoms with Crippen LogP contribution < -0.4 is 5.32 Å². The highest BCUT2D eigenvalue weighted by Crippen LogP contribution is 2.20. The van der Waals surface area contributed by atoms with Crippen LogP contribution in [0.4, 0.5) is 0 Å². The summed E-state index contributed by atoms with van der Waals surface area (Å²) in [6.45, 7) is 7.01. The van der Waals surface area contributed by atoms with Crippen molar-refractivity contribution in [3.05, 3.63) is 22.5 Å². The maximum absolute atomic E-state index is 12.4. The third-order valence-corrected chi connectivity index (χ3v) is 3.67. The van der Waals surface area contributed by atoms with Gasteiger partial charge in [0.15, 0.2) is 5.78 Å². The molecule has 0 fully saturated rings. The lowest BCUT2D eigenvalue weighted by molar-refractivity contribution is -0.139. The van der Waals surface area contributed by atoms with Crippen molar-refractivity contribution in [2.24, 2.45) is 0 Å². The summed E-state index contributed by atoms with van der Waals surface area (Å²) in [5.74, 6) is -1.63. The quantitative estimate of drug-likeness (QED) is 0.642. The molecular weight excluding hydrogens is 284 g/mol. The van der Waals surface area contributed by atoms with Crippen molar-refractivity contribution in [1.29, 1.82) is 0 Å². The molecule has 1 rings (SSSR count). The molecule has 0 aliphatic heterocycles. The first-order chi connectivity index (χ1) is 10.3. The van der Waals surface area contributed by atoms with E-state index in [-0.39, 0.29) is 11.5 Å². The molecule has 0 unspecified atom stereocenters. The molecule has 0 aromatic carbocycles. The van der Waals surface area contributed by atoms with E-state index < -0.39 is 17.9 Å². The predicted molar refractivity (Wildman–Crippen MR) is 83.3 cm³/mol. The number of carboxylic acid groups (broad SMARTS) is 1. The van der Waals surface area contributed by atoms with Crippen LogP contribution in [-0.2, 0) is 11.2 Å². The smallest absolute Gasteiger partial charge is 0.326 e. The molecule has 122 valence electrons. The number of aryl methyl sites for hydroxylation is 1. The fourth-order valence-corrected chi connectivity index (χ4v) is 2.60. The van der Waals surface area contributed by atoms with E-state index in [0.717, 1.165) is 12.8 Å². The van der Waals surface area contributed by atoms with Crippen LogP contribution >= 0.6 is 0 Å². The van der Waals surface area contributed by atoms with Gasteiger partial charge in [-0.2, -0.15) is 0 Å². The number of rotatable bonds is 8. The minimum absolute atomic E-state index is 0.106. The zero-order chi connectivity index (χ0) is 16.9. The molecule has 0 aliphatic rings. The Hall–Kier alpha value is -2.11. The number of aromatic nitrogens is 1. The number of ketones is 1. The van der Waals surface area contributed by atoms with Gasteiger partial charge in [0.1, 0.15) is 11.7 Å². The zero-order valence-corrected chi connectivity index (χ0v) is 13.6. The average molecular weight is 308 g/mol. The lowest BCUT2D eigenvalue weighted by Gasteiger charge is -2.14. The zero-order valence-electron chi connectivity index (χ0n) is 13.6. The number of aliphatic carboxylic acids is 1. The number of carbonyl (C=O) groups is 3. The van der Waals surface area contributed by atoms with E-state index in [1.165, 1.54) is 6.92 Å². The number of hydrogen-bond donors (Lipinski definition) is 3. The first kappa shape index (κ1) is 17.9. The largest absolute Gasteiger partial charge is 0.480 e. The molecule has 1 aromatic heterocycles. The molecule has 1 amide bonds. The average Bonchev–Trinajstić information content (AvgIpc) is 2.79. The van der Waals surface area contributed by atoms with Gasteiger partial charge in [-0.25, -0.2) is 4.79 Å². The highest BCUT2D eigenvalue weighted by atomic mass is 16.4. The fourth-order valence-electron chi connectivity index (χ4n) is 2.60. The van der Waals surface area contributed by atoms with Crippen LogP contribution in [0.25, 0.3) is 0 Å². The second kappa shape index (κ2) is 7.77. The van der Waals surface area contributed by atoms with Crippen LogP contribution in [0.2, 0.25) is 0 Å². The molecule has 0 saturated carbocycles. The van der Waals surface area contributed by atoms with Crippen molar-refractivity contribution in [3.63, 3.8) is 0 Å². The number of nitrogens with one attached hydrogen (secondary N) is 2. The van der Waals surface area contributed by atoms with Crippen LogP contribution in [0.1, 0.15) is 72.1 Å². The maximum Gasteiger partial charge on any atom is 0.326 e. The number of H-pyrrole nitrogens is 1. The van der Waals surface area contributed by atoms with Gasteiger partial charge in [0, 0.05) is 11.3 Å². The number of unbranched alkanes of at least 4 members (excludes halogenated alkanes) is 1. The van der Waals surface area contributed by atoms with Gasteiger partial charge in [-0.1, -0.05) is 26.7 Å². The fraction of sp³-hybridized carbons (Fsp3) is 0.562. The Morgan fingerprint density at radius 1 is 1.27 bits per heavy atom. The van der Waals surface area contributed by atoms with Crippen molar-refractivity contribution in [3.8, 4) is 0 Å². The first-order valence-corrected chi connectivity index (χ1v) is 7.59. The van der Waals surface area contributed by atoms with Crippen LogP contribution in [-0.4, -0.2) is 33.8 Å². The van der Waals surface area contributed by atoms with Gasteiger partial charge < -0.3 is 15.4 Å². The summed E-state index contributed by atoms with van der Waals surface area (Å²) in [6, 6.07) is -0.915. The van der Waals surface area contributed by atoms with E-state index in [1.54, 1.807) is 6.92 Å². The van der Waals surface area contributed by atoms with Gasteiger partial charge in [0.25, 0.3) is 5.91 Å². The third-order valence-electron chi connectivity index (χ3n) is 3.67. The number of hydrogen-bond acceptors (Lipinski definition) is 3. The molecule has 1 heterocycles. The molecule has 0 aliphatic carbocycles. The summed E-state index contributed by atoms with van der Waals surface area (Å²) in [7, 11) is 0. The van der Waals surface area contributed by atoms with Gasteiger partial charge in [0.2, 0.25) is 0 Å². The molecule has 0 spiro atoms. The Bertz CT molecular complexity index is 575. The van der Waals surface area contributed by atoms with Crippen molar-refractivity contribution in [2.75, 3.05) is 0 Å². The Kier molecular flexibility index (Phi) is 6.34. The van der Waals surface area contributed by atoms with Crippen LogP contribution in [0.3, 0.4) is 0 Å². The van der Waals surface area contributed by atoms with E-state index in [4.69, 9.17) is 0 Å². The van der Waals surface area contributed by atoms with E-state index in [1.807, 2.05) is 13.8 Å². The van der Waals surface area contributed by atoms with E-state index in [0.29, 0.717) is 29.7 Å². The third kappa shape index (κ3) is 3.96. The molecule has 3 N–H and O–H groups in total. The standard InChI is InChI=1S/C16H24N2O4/c1-5-7-8-12(16(21)22)18-15(20)14-11(6-2)13(10(4)19)9(3)17-14/h12,17H,5-8H2,1-4H3,(H,18,20)(H,21,22)/t12-/m0/s1. The van der Waals surface area contributed by atoms with Gasteiger partial charge >= 0.3 is 5.97 Å². The van der Waals surface area contributed by atoms with Crippen molar-refractivity contribution in [2.45, 2.75) is 59.4 Å². The maximum atomic E-state index is 12.4. The minimum atomic E-state index is -1.05. The van der Waals surface area contributed by atoms with Gasteiger partial charge in [-0.3, -0.25) is 9.59 Å². The van der Waals surface area contributed by atoms with Gasteiger partial charge in [-0.15, -0.1) is 0 Å². The first-order valence-electron chi connectivity index (χ1n) is 7.59. The van der Waals surface area contributed by atoms with Gasteiger partial charge in [-0.05, 0) is 32.3 Å². The summed E-state index contributed by atoms with van der Waals surface area (Å²) in [5.41, 5.74) is 2.08. The molecular formula is C16H24N2O4. The van der Waals surface area contributed by atoms with E-state index in [2.05, 4.69) is 10.3 Å². The Balaban J connectivity index is 3.04. The molecule has 6 heteroatoms. The Morgan fingerprint density at radius 3 is 2.36 bits per heavy atom. The van der Waals surface area contributed by atoms with Crippen LogP contribution in [0.5, 0.6) is 0 Å². The lowest BCUT2D eigenvalue weighted by Crippen LogP contribution is -2.41. The lowest BCUT2D eigenvalue weighted by atomic mass is 10.0. The number of aromatic amines is 1. The molecule has 1 aromatic rings. The molecule has 0 saturated heterocycles. The predicted octanol–water partition coefficient (Wildman–Crippen LogP) is 2.46. The van der Waals surface area contributed by atoms with Crippen LogP contribution in [0, 0.1) is 6.92 Å². The summed E-state index contributed by atoms with van der Waals surface area (Å²) in [6.07, 6.45) is 2.49. The van der Waals surface area contributed by atoms with Crippen LogP contribution in [0.15, 0.2) is 0 Å². The molecule has 6 nitrogen and oxygen atoms in total. The highest BCUT2D eigenvalue weighted by molar-refractivity contribution is 6.03. The normalized spacial score (nSPS) is 12.0. The van der Waals surface area contributed by atoms with Crippen molar-refractivity contribution < 1.29 is 19.5 Å². The summed E-state index contributed by atoms with van der Waals surface area (Å²) < 4.78 is 0. The second-order valence-electron chi connectivity index (χ2n) is 5.39. The van der Waals surface area contributed by atoms with Crippen molar-refractivity contribution in [1.82, 2.24) is 10.3 Å². The topological polar surface area (TPSA) is 99.3 Å². The number of Topliss-reactive ketones (excluding diaryl/α,β-unsaturated/α-hetero) is 1. The molecule has 0 radical (unpaired) electrons. The Morgan fingerprint density at radius 2 is 1.91 bits per heavy atom. The van der Waals surface area contributed by atoms with Crippen molar-refractivity contribution >= 4 is 17.7 Å². The number of carbonyl (C=O) groups excluding carboxylic acids is 2. The van der Waals surface area contributed by atoms with E-state index >= 15 is 0 Å². The SMILES string of the molecule is CCCC[C@H](NC(=O)c1[nH]c(C)c(C(C)=O)c1CC)C(=O)O. The summed E-state index contributed by atoms with van der Waals surface area (Å²) in [5, 5.41) is 11.7.